The van der Waals surface area contributed by atoms with E-state index in [0.29, 0.717) is 24.8 Å². The summed E-state index contributed by atoms with van der Waals surface area (Å²) in [4.78, 5) is 8.63. The van der Waals surface area contributed by atoms with Gasteiger partial charge in [-0.3, -0.25) is 9.98 Å². The molecule has 6 heteroatoms. The Balaban J connectivity index is 1.59. The lowest BCUT2D eigenvalue weighted by Crippen LogP contribution is -2.39. The largest absolute Gasteiger partial charge is 0.464 e. The zero-order chi connectivity index (χ0) is 17.6. The quantitative estimate of drug-likeness (QED) is 0.492. The van der Waals surface area contributed by atoms with Gasteiger partial charge < -0.3 is 20.2 Å². The van der Waals surface area contributed by atoms with Crippen LogP contribution in [0.15, 0.2) is 58.1 Å². The second kappa shape index (κ2) is 7.81. The summed E-state index contributed by atoms with van der Waals surface area (Å²) in [7, 11) is 1.69. The molecule has 3 N–H and O–H groups in total. The molecule has 6 nitrogen and oxygen atoms in total. The maximum Gasteiger partial charge on any atom is 0.191 e. The fraction of sp³-hybridized carbons (Fsp3) is 0.263. The average Bonchev–Trinajstić information content (AvgIpc) is 3.08. The maximum absolute atomic E-state index is 10.2. The van der Waals surface area contributed by atoms with Gasteiger partial charge in [-0.1, -0.05) is 24.3 Å². The zero-order valence-corrected chi connectivity index (χ0v) is 14.4. The minimum absolute atomic E-state index is 0.301. The number of hydrogen-bond donors (Lipinski definition) is 3. The summed E-state index contributed by atoms with van der Waals surface area (Å²) < 4.78 is 5.43. The maximum atomic E-state index is 10.2. The number of aliphatic imine (C=N–C) groups is 1. The highest BCUT2D eigenvalue weighted by molar-refractivity contribution is 5.85. The topological polar surface area (TPSA) is 82.7 Å². The molecule has 0 aliphatic heterocycles. The number of fused-ring (bicyclic) bond motifs is 1. The number of rotatable bonds is 5. The molecule has 25 heavy (non-hydrogen) atoms. The van der Waals surface area contributed by atoms with Crippen LogP contribution in [0.1, 0.15) is 23.3 Å². The summed E-state index contributed by atoms with van der Waals surface area (Å²) in [5.41, 5.74) is 0.947. The van der Waals surface area contributed by atoms with Crippen LogP contribution in [0, 0.1) is 6.92 Å². The number of furan rings is 1. The molecule has 0 radical (unpaired) electrons. The van der Waals surface area contributed by atoms with Crippen molar-refractivity contribution < 1.29 is 9.52 Å². The molecule has 0 aliphatic carbocycles. The second-order valence-corrected chi connectivity index (χ2v) is 5.75. The first-order valence-electron chi connectivity index (χ1n) is 8.19. The predicted octanol–water partition coefficient (Wildman–Crippen LogP) is 2.53. The molecule has 3 rings (SSSR count). The molecule has 0 saturated heterocycles. The van der Waals surface area contributed by atoms with Crippen molar-refractivity contribution >= 4 is 16.7 Å². The van der Waals surface area contributed by atoms with Crippen LogP contribution in [0.5, 0.6) is 0 Å². The van der Waals surface area contributed by atoms with Crippen LogP contribution in [0.25, 0.3) is 10.8 Å². The van der Waals surface area contributed by atoms with Gasteiger partial charge in [0.25, 0.3) is 0 Å². The van der Waals surface area contributed by atoms with E-state index in [2.05, 4.69) is 32.7 Å². The van der Waals surface area contributed by atoms with E-state index in [0.717, 1.165) is 22.2 Å². The van der Waals surface area contributed by atoms with E-state index in [1.54, 1.807) is 19.3 Å². The molecule has 0 spiro atoms. The number of nitrogens with one attached hydrogen (secondary N) is 2. The van der Waals surface area contributed by atoms with Gasteiger partial charge in [0.05, 0.1) is 18.8 Å². The van der Waals surface area contributed by atoms with E-state index in [1.807, 2.05) is 31.2 Å². The van der Waals surface area contributed by atoms with Gasteiger partial charge in [-0.2, -0.15) is 0 Å². The molecule has 0 aliphatic rings. The Hall–Kier alpha value is -2.86. The third kappa shape index (κ3) is 4.16. The molecule has 0 fully saturated rings. The number of aliphatic hydroxyl groups excluding tert-OH is 1. The van der Waals surface area contributed by atoms with Gasteiger partial charge in [-0.25, -0.2) is 0 Å². The summed E-state index contributed by atoms with van der Waals surface area (Å²) in [6.45, 7) is 2.69. The first-order chi connectivity index (χ1) is 12.2. The van der Waals surface area contributed by atoms with Crippen LogP contribution in [0.2, 0.25) is 0 Å². The minimum atomic E-state index is -0.733. The minimum Gasteiger partial charge on any atom is -0.464 e. The van der Waals surface area contributed by atoms with Crippen molar-refractivity contribution in [1.82, 2.24) is 15.6 Å². The fourth-order valence-electron chi connectivity index (χ4n) is 2.64. The van der Waals surface area contributed by atoms with E-state index >= 15 is 0 Å². The highest BCUT2D eigenvalue weighted by Crippen LogP contribution is 2.16. The van der Waals surface area contributed by atoms with Crippen molar-refractivity contribution in [3.8, 4) is 0 Å². The van der Waals surface area contributed by atoms with Crippen molar-refractivity contribution in [1.29, 1.82) is 0 Å². The van der Waals surface area contributed by atoms with E-state index in [-0.39, 0.29) is 0 Å². The Morgan fingerprint density at radius 2 is 2.04 bits per heavy atom. The van der Waals surface area contributed by atoms with Gasteiger partial charge in [-0.05, 0) is 30.5 Å². The van der Waals surface area contributed by atoms with E-state index in [1.165, 1.54) is 0 Å². The highest BCUT2D eigenvalue weighted by atomic mass is 16.4. The normalized spacial score (nSPS) is 13.0. The Kier molecular flexibility index (Phi) is 5.30. The Morgan fingerprint density at radius 3 is 2.80 bits per heavy atom. The lowest BCUT2D eigenvalue weighted by atomic mass is 10.1. The molecule has 2 heterocycles. The summed E-state index contributed by atoms with van der Waals surface area (Å²) in [6, 6.07) is 13.7. The molecule has 0 bridgehead atoms. The van der Waals surface area contributed by atoms with Crippen LogP contribution < -0.4 is 10.6 Å². The van der Waals surface area contributed by atoms with Gasteiger partial charge in [0.15, 0.2) is 5.96 Å². The molecule has 130 valence electrons. The molecule has 1 unspecified atom stereocenters. The molecular formula is C19H22N4O2. The standard InChI is InChI=1S/C19H22N4O2/c1-13-7-8-18(25-13)17(24)12-23-19(20-2)22-11-16-15-6-4-3-5-14(15)9-10-21-16/h3-10,17,24H,11-12H2,1-2H3,(H2,20,22,23). The van der Waals surface area contributed by atoms with Crippen molar-refractivity contribution in [2.45, 2.75) is 19.6 Å². The number of guanidine groups is 1. The molecule has 0 saturated carbocycles. The second-order valence-electron chi connectivity index (χ2n) is 5.75. The number of benzene rings is 1. The Bertz CT molecular complexity index is 867. The number of hydrogen-bond acceptors (Lipinski definition) is 4. The Morgan fingerprint density at radius 1 is 1.20 bits per heavy atom. The first-order valence-corrected chi connectivity index (χ1v) is 8.19. The summed E-state index contributed by atoms with van der Waals surface area (Å²) in [5, 5.41) is 18.7. The summed E-state index contributed by atoms with van der Waals surface area (Å²) in [6.07, 6.45) is 1.07. The van der Waals surface area contributed by atoms with Crippen LogP contribution >= 0.6 is 0 Å². The van der Waals surface area contributed by atoms with E-state index < -0.39 is 6.10 Å². The first kappa shape index (κ1) is 17.0. The lowest BCUT2D eigenvalue weighted by molar-refractivity contribution is 0.151. The monoisotopic (exact) mass is 338 g/mol. The fourth-order valence-corrected chi connectivity index (χ4v) is 2.64. The van der Waals surface area contributed by atoms with Gasteiger partial charge in [0.1, 0.15) is 17.6 Å². The summed E-state index contributed by atoms with van der Waals surface area (Å²) in [5.74, 6) is 1.91. The highest BCUT2D eigenvalue weighted by Gasteiger charge is 2.12. The van der Waals surface area contributed by atoms with Gasteiger partial charge in [0.2, 0.25) is 0 Å². The Labute approximate surface area is 146 Å². The van der Waals surface area contributed by atoms with Gasteiger partial charge in [-0.15, -0.1) is 0 Å². The molecule has 3 aromatic rings. The number of aliphatic hydroxyl groups is 1. The van der Waals surface area contributed by atoms with Gasteiger partial charge in [0, 0.05) is 18.6 Å². The van der Waals surface area contributed by atoms with E-state index in [4.69, 9.17) is 4.42 Å². The third-order valence-electron chi connectivity index (χ3n) is 3.96. The van der Waals surface area contributed by atoms with Crippen LogP contribution in [-0.4, -0.2) is 29.6 Å². The smallest absolute Gasteiger partial charge is 0.191 e. The van der Waals surface area contributed by atoms with Crippen LogP contribution in [-0.2, 0) is 6.54 Å². The van der Waals surface area contributed by atoms with Gasteiger partial charge >= 0.3 is 0 Å². The molecule has 1 atom stereocenters. The third-order valence-corrected chi connectivity index (χ3v) is 3.96. The summed E-state index contributed by atoms with van der Waals surface area (Å²) >= 11 is 0. The van der Waals surface area contributed by atoms with Crippen molar-refractivity contribution in [2.75, 3.05) is 13.6 Å². The molecular weight excluding hydrogens is 316 g/mol. The number of nitrogens with zero attached hydrogens (tertiary/aromatic N) is 2. The number of aromatic nitrogens is 1. The van der Waals surface area contributed by atoms with Crippen molar-refractivity contribution in [2.24, 2.45) is 4.99 Å². The number of pyridine rings is 1. The zero-order valence-electron chi connectivity index (χ0n) is 14.4. The SMILES string of the molecule is CN=C(NCc1nccc2ccccc12)NCC(O)c1ccc(C)o1. The molecule has 0 amide bonds. The average molecular weight is 338 g/mol. The van der Waals surface area contributed by atoms with E-state index in [9.17, 15) is 5.11 Å². The van der Waals surface area contributed by atoms with Crippen LogP contribution in [0.4, 0.5) is 0 Å². The van der Waals surface area contributed by atoms with Crippen molar-refractivity contribution in [3.05, 3.63) is 65.9 Å². The number of aryl methyl sites for hydroxylation is 1. The predicted molar refractivity (Wildman–Crippen MR) is 98.3 cm³/mol. The molecule has 2 aromatic heterocycles. The lowest BCUT2D eigenvalue weighted by Gasteiger charge is -2.14. The van der Waals surface area contributed by atoms with Crippen molar-refractivity contribution in [3.63, 3.8) is 0 Å². The molecule has 1 aromatic carbocycles. The van der Waals surface area contributed by atoms with Crippen LogP contribution in [0.3, 0.4) is 0 Å².